The molecule has 0 bridgehead atoms. The quantitative estimate of drug-likeness (QED) is 0.583. The lowest BCUT2D eigenvalue weighted by Gasteiger charge is -2.35. The van der Waals surface area contributed by atoms with Gasteiger partial charge in [-0.15, -0.1) is 0 Å². The number of guanidine groups is 1. The zero-order valence-electron chi connectivity index (χ0n) is 16.3. The number of rotatable bonds is 6. The maximum Gasteiger partial charge on any atom is 0.209 e. The largest absolute Gasteiger partial charge is 0.354 e. The summed E-state index contributed by atoms with van der Waals surface area (Å²) < 4.78 is 25.6. The average molecular weight is 381 g/mol. The van der Waals surface area contributed by atoms with Crippen molar-refractivity contribution in [1.29, 1.82) is 0 Å². The predicted octanol–water partition coefficient (Wildman–Crippen LogP) is 1.84. The van der Waals surface area contributed by atoms with E-state index >= 15 is 0 Å². The van der Waals surface area contributed by atoms with Gasteiger partial charge in [0.05, 0.1) is 6.26 Å². The molecule has 0 aliphatic carbocycles. The van der Waals surface area contributed by atoms with E-state index in [0.717, 1.165) is 38.3 Å². The molecule has 0 saturated carbocycles. The van der Waals surface area contributed by atoms with Crippen molar-refractivity contribution >= 4 is 16.0 Å². The normalized spacial score (nSPS) is 17.4. The summed E-state index contributed by atoms with van der Waals surface area (Å²) in [6.45, 7) is 6.14. The van der Waals surface area contributed by atoms with E-state index in [9.17, 15) is 8.42 Å². The molecule has 0 atom stereocenters. The first-order valence-corrected chi connectivity index (χ1v) is 11.1. The Kier molecular flexibility index (Phi) is 7.06. The highest BCUT2D eigenvalue weighted by molar-refractivity contribution is 7.88. The summed E-state index contributed by atoms with van der Waals surface area (Å²) in [4.78, 5) is 6.64. The molecule has 6 nitrogen and oxygen atoms in total. The van der Waals surface area contributed by atoms with Gasteiger partial charge in [0.1, 0.15) is 0 Å². The zero-order chi connectivity index (χ0) is 19.2. The first-order valence-electron chi connectivity index (χ1n) is 9.17. The summed E-state index contributed by atoms with van der Waals surface area (Å²) in [5.74, 6) is 1.54. The van der Waals surface area contributed by atoms with Gasteiger partial charge in [-0.25, -0.2) is 13.1 Å². The molecule has 1 aliphatic heterocycles. The Morgan fingerprint density at radius 1 is 1.23 bits per heavy atom. The number of nitrogens with one attached hydrogen (secondary N) is 2. The van der Waals surface area contributed by atoms with Crippen LogP contribution in [0.3, 0.4) is 0 Å². The molecule has 1 heterocycles. The third-order valence-electron chi connectivity index (χ3n) is 4.64. The number of hydrogen-bond donors (Lipinski definition) is 2. The number of likely N-dealkylation sites (tertiary alicyclic amines) is 1. The van der Waals surface area contributed by atoms with E-state index in [1.807, 2.05) is 13.8 Å². The molecule has 0 spiro atoms. The van der Waals surface area contributed by atoms with Gasteiger partial charge in [-0.2, -0.15) is 0 Å². The molecule has 1 fully saturated rings. The zero-order valence-corrected chi connectivity index (χ0v) is 17.1. The summed E-state index contributed by atoms with van der Waals surface area (Å²) in [7, 11) is -1.47. The smallest absolute Gasteiger partial charge is 0.209 e. The second kappa shape index (κ2) is 8.86. The Balaban J connectivity index is 1.83. The molecule has 0 unspecified atom stereocenters. The van der Waals surface area contributed by atoms with E-state index in [0.29, 0.717) is 12.5 Å². The van der Waals surface area contributed by atoms with E-state index in [1.54, 1.807) is 7.05 Å². The number of piperidine rings is 1. The van der Waals surface area contributed by atoms with Gasteiger partial charge in [-0.1, -0.05) is 30.3 Å². The summed E-state index contributed by atoms with van der Waals surface area (Å²) in [5.41, 5.74) is 0.830. The van der Waals surface area contributed by atoms with Crippen LogP contribution in [0.1, 0.15) is 32.3 Å². The first kappa shape index (κ1) is 20.7. The molecule has 0 aromatic heterocycles. The van der Waals surface area contributed by atoms with Crippen LogP contribution in [0.4, 0.5) is 0 Å². The van der Waals surface area contributed by atoms with Gasteiger partial charge >= 0.3 is 0 Å². The van der Waals surface area contributed by atoms with Crippen molar-refractivity contribution in [2.45, 2.75) is 38.6 Å². The fraction of sp³-hybridized carbons (Fsp3) is 0.632. The number of nitrogens with zero attached hydrogens (tertiary/aromatic N) is 2. The number of sulfonamides is 1. The van der Waals surface area contributed by atoms with Crippen LogP contribution in [0.2, 0.25) is 0 Å². The Bertz CT molecular complexity index is 694. The third-order valence-corrected chi connectivity index (χ3v) is 5.57. The third kappa shape index (κ3) is 6.96. The minimum Gasteiger partial charge on any atom is -0.354 e. The Morgan fingerprint density at radius 2 is 1.85 bits per heavy atom. The van der Waals surface area contributed by atoms with Gasteiger partial charge in [0.25, 0.3) is 0 Å². The molecule has 1 aromatic rings. The van der Waals surface area contributed by atoms with Gasteiger partial charge in [-0.3, -0.25) is 4.99 Å². The maximum absolute atomic E-state index is 11.5. The van der Waals surface area contributed by atoms with Gasteiger partial charge in [0.2, 0.25) is 10.0 Å². The SMILES string of the molecule is CN=C(NCC(C)(C)NS(C)(=O)=O)N1CCC(Cc2ccccc2)CC1. The molecule has 2 rings (SSSR count). The van der Waals surface area contributed by atoms with Crippen molar-refractivity contribution in [1.82, 2.24) is 14.9 Å². The van der Waals surface area contributed by atoms with E-state index in [1.165, 1.54) is 11.8 Å². The maximum atomic E-state index is 11.5. The predicted molar refractivity (Wildman–Crippen MR) is 108 cm³/mol. The van der Waals surface area contributed by atoms with Crippen molar-refractivity contribution in [3.8, 4) is 0 Å². The van der Waals surface area contributed by atoms with Crippen LogP contribution in [-0.4, -0.2) is 57.8 Å². The van der Waals surface area contributed by atoms with Crippen molar-refractivity contribution in [3.05, 3.63) is 35.9 Å². The molecule has 2 N–H and O–H groups in total. The van der Waals surface area contributed by atoms with Gasteiger partial charge in [0.15, 0.2) is 5.96 Å². The second-order valence-electron chi connectivity index (χ2n) is 7.78. The van der Waals surface area contributed by atoms with Gasteiger partial charge < -0.3 is 10.2 Å². The highest BCUT2D eigenvalue weighted by Crippen LogP contribution is 2.21. The van der Waals surface area contributed by atoms with Crippen LogP contribution in [0.25, 0.3) is 0 Å². The van der Waals surface area contributed by atoms with Crippen LogP contribution in [-0.2, 0) is 16.4 Å². The molecule has 1 aromatic carbocycles. The molecular formula is C19H32N4O2S. The monoisotopic (exact) mass is 380 g/mol. The fourth-order valence-electron chi connectivity index (χ4n) is 3.47. The van der Waals surface area contributed by atoms with Gasteiger partial charge in [0, 0.05) is 32.2 Å². The molecule has 1 saturated heterocycles. The molecule has 0 radical (unpaired) electrons. The Morgan fingerprint density at radius 3 is 2.38 bits per heavy atom. The lowest BCUT2D eigenvalue weighted by atomic mass is 9.90. The summed E-state index contributed by atoms with van der Waals surface area (Å²) in [6, 6.07) is 10.7. The van der Waals surface area contributed by atoms with E-state index in [2.05, 4.69) is 50.3 Å². The van der Waals surface area contributed by atoms with Crippen LogP contribution in [0.15, 0.2) is 35.3 Å². The highest BCUT2D eigenvalue weighted by atomic mass is 32.2. The number of aliphatic imine (C=N–C) groups is 1. The standard InChI is InChI=1S/C19H32N4O2S/c1-19(2,22-26(4,24)25)15-21-18(20-3)23-12-10-17(11-13-23)14-16-8-6-5-7-9-16/h5-9,17,22H,10-15H2,1-4H3,(H,20,21). The van der Waals surface area contributed by atoms with Crippen molar-refractivity contribution in [2.75, 3.05) is 32.9 Å². The van der Waals surface area contributed by atoms with E-state index < -0.39 is 15.6 Å². The molecular weight excluding hydrogens is 348 g/mol. The Hall–Kier alpha value is -1.60. The van der Waals surface area contributed by atoms with Crippen LogP contribution < -0.4 is 10.0 Å². The molecule has 1 aliphatic rings. The average Bonchev–Trinajstić information content (AvgIpc) is 2.55. The topological polar surface area (TPSA) is 73.8 Å². The minimum absolute atomic E-state index is 0.483. The van der Waals surface area contributed by atoms with Crippen molar-refractivity contribution in [3.63, 3.8) is 0 Å². The summed E-state index contributed by atoms with van der Waals surface area (Å²) >= 11 is 0. The van der Waals surface area contributed by atoms with Crippen LogP contribution in [0.5, 0.6) is 0 Å². The highest BCUT2D eigenvalue weighted by Gasteiger charge is 2.25. The van der Waals surface area contributed by atoms with E-state index in [-0.39, 0.29) is 0 Å². The van der Waals surface area contributed by atoms with Crippen molar-refractivity contribution in [2.24, 2.45) is 10.9 Å². The van der Waals surface area contributed by atoms with Crippen molar-refractivity contribution < 1.29 is 8.42 Å². The summed E-state index contributed by atoms with van der Waals surface area (Å²) in [6.07, 6.45) is 4.59. The van der Waals surface area contributed by atoms with E-state index in [4.69, 9.17) is 0 Å². The summed E-state index contributed by atoms with van der Waals surface area (Å²) in [5, 5.41) is 3.32. The van der Waals surface area contributed by atoms with Crippen LogP contribution in [0, 0.1) is 5.92 Å². The Labute approximate surface area is 158 Å². The number of benzene rings is 1. The number of hydrogen-bond acceptors (Lipinski definition) is 3. The fourth-order valence-corrected chi connectivity index (χ4v) is 4.54. The first-order chi connectivity index (χ1) is 12.2. The van der Waals surface area contributed by atoms with Crippen LogP contribution >= 0.6 is 0 Å². The lowest BCUT2D eigenvalue weighted by molar-refractivity contribution is 0.257. The lowest BCUT2D eigenvalue weighted by Crippen LogP contribution is -2.54. The minimum atomic E-state index is -3.24. The second-order valence-corrected chi connectivity index (χ2v) is 9.53. The van der Waals surface area contributed by atoms with Gasteiger partial charge in [-0.05, 0) is 44.6 Å². The molecule has 146 valence electrons. The molecule has 7 heteroatoms. The molecule has 26 heavy (non-hydrogen) atoms. The molecule has 0 amide bonds.